The van der Waals surface area contributed by atoms with Crippen LogP contribution in [0.4, 0.5) is 0 Å². The van der Waals surface area contributed by atoms with Crippen LogP contribution in [-0.4, -0.2) is 14.1 Å². The van der Waals surface area contributed by atoms with Crippen LogP contribution in [0.15, 0.2) is 188 Å². The molecule has 3 heterocycles. The van der Waals surface area contributed by atoms with Gasteiger partial charge in [0.25, 0.3) is 0 Å². The van der Waals surface area contributed by atoms with Crippen LogP contribution in [-0.2, 0) is 0 Å². The van der Waals surface area contributed by atoms with Gasteiger partial charge in [-0.2, -0.15) is 0 Å². The second-order valence-electron chi connectivity index (χ2n) is 12.8. The van der Waals surface area contributed by atoms with Gasteiger partial charge < -0.3 is 4.57 Å². The van der Waals surface area contributed by atoms with E-state index in [0.717, 1.165) is 39.3 Å². The van der Waals surface area contributed by atoms with Gasteiger partial charge in [0.2, 0.25) is 0 Å². The van der Waals surface area contributed by atoms with Gasteiger partial charge in [-0.1, -0.05) is 133 Å². The molecule has 0 aliphatic heterocycles. The Bertz CT molecular complexity index is 2790. The number of para-hydroxylation sites is 2. The molecule has 0 unspecified atom stereocenters. The Morgan fingerprint density at radius 2 is 0.800 bits per heavy atom. The average molecular weight is 638 g/mol. The summed E-state index contributed by atoms with van der Waals surface area (Å²) in [5.74, 6) is 0.900. The van der Waals surface area contributed by atoms with Crippen molar-refractivity contribution in [2.24, 2.45) is 0 Å². The highest BCUT2D eigenvalue weighted by molar-refractivity contribution is 6.19. The zero-order valence-electron chi connectivity index (χ0n) is 27.2. The quantitative estimate of drug-likeness (QED) is 0.184. The van der Waals surface area contributed by atoms with Crippen LogP contribution in [0.2, 0.25) is 0 Å². The molecule has 3 nitrogen and oxygen atoms in total. The van der Waals surface area contributed by atoms with Crippen molar-refractivity contribution >= 4 is 43.6 Å². The zero-order chi connectivity index (χ0) is 33.0. The third-order valence-corrected chi connectivity index (χ3v) is 9.89. The van der Waals surface area contributed by atoms with Gasteiger partial charge in [-0.3, -0.25) is 4.57 Å². The van der Waals surface area contributed by atoms with Gasteiger partial charge in [0, 0.05) is 32.8 Å². The monoisotopic (exact) mass is 637 g/mol. The van der Waals surface area contributed by atoms with Crippen LogP contribution >= 0.6 is 0 Å². The molecule has 3 aromatic heterocycles. The minimum atomic E-state index is 0.900. The molecule has 3 heteroatoms. The number of aromatic nitrogens is 3. The van der Waals surface area contributed by atoms with E-state index >= 15 is 0 Å². The average Bonchev–Trinajstić information content (AvgIpc) is 3.70. The predicted molar refractivity (Wildman–Crippen MR) is 209 cm³/mol. The highest BCUT2D eigenvalue weighted by Gasteiger charge is 2.20. The van der Waals surface area contributed by atoms with E-state index in [2.05, 4.69) is 191 Å². The second kappa shape index (κ2) is 11.5. The highest BCUT2D eigenvalue weighted by Crippen LogP contribution is 2.41. The van der Waals surface area contributed by atoms with E-state index in [-0.39, 0.29) is 0 Å². The molecule has 0 saturated carbocycles. The number of pyridine rings is 1. The standard InChI is InChI=1S/C47H31N3/c1-4-15-32(16-5-1)35-27-36(33-17-6-2-7-18-33)29-37(28-35)49-43-24-12-10-21-38(43)40-30-41-39-22-11-13-25-44(39)50(46(41)31-45(40)49)47-26-14-23-42(48-47)34-19-8-3-9-20-34/h1-31H. The third kappa shape index (κ3) is 4.56. The van der Waals surface area contributed by atoms with Gasteiger partial charge in [-0.15, -0.1) is 0 Å². The summed E-state index contributed by atoms with van der Waals surface area (Å²) in [5.41, 5.74) is 12.5. The first-order valence-electron chi connectivity index (χ1n) is 17.1. The predicted octanol–water partition coefficient (Wildman–Crippen LogP) is 12.3. The SMILES string of the molecule is c1ccc(-c2cc(-c3ccccc3)cc(-n3c4ccccc4c4cc5c6ccccc6n(-c6cccc(-c7ccccc7)n6)c5cc43)c2)cc1. The van der Waals surface area contributed by atoms with Crippen LogP contribution in [0.25, 0.3) is 88.6 Å². The molecule has 0 N–H and O–H groups in total. The first kappa shape index (κ1) is 28.3. The lowest BCUT2D eigenvalue weighted by Gasteiger charge is -2.14. The third-order valence-electron chi connectivity index (χ3n) is 9.89. The van der Waals surface area contributed by atoms with Gasteiger partial charge in [0.05, 0.1) is 27.8 Å². The lowest BCUT2D eigenvalue weighted by Crippen LogP contribution is -1.99. The Hall–Kier alpha value is -6.71. The lowest BCUT2D eigenvalue weighted by molar-refractivity contribution is 1.08. The number of hydrogen-bond acceptors (Lipinski definition) is 1. The Kier molecular flexibility index (Phi) is 6.49. The number of nitrogens with zero attached hydrogens (tertiary/aromatic N) is 3. The molecule has 0 atom stereocenters. The van der Waals surface area contributed by atoms with Crippen molar-refractivity contribution in [1.82, 2.24) is 14.1 Å². The van der Waals surface area contributed by atoms with Crippen LogP contribution in [0.3, 0.4) is 0 Å². The van der Waals surface area contributed by atoms with Crippen LogP contribution in [0, 0.1) is 0 Å². The van der Waals surface area contributed by atoms with Crippen LogP contribution in [0.5, 0.6) is 0 Å². The minimum absolute atomic E-state index is 0.900. The molecule has 10 rings (SSSR count). The van der Waals surface area contributed by atoms with E-state index in [4.69, 9.17) is 4.98 Å². The number of benzene rings is 7. The maximum atomic E-state index is 5.24. The highest BCUT2D eigenvalue weighted by atomic mass is 15.1. The van der Waals surface area contributed by atoms with Crippen molar-refractivity contribution < 1.29 is 0 Å². The maximum absolute atomic E-state index is 5.24. The Balaban J connectivity index is 1.29. The summed E-state index contributed by atoms with van der Waals surface area (Å²) in [7, 11) is 0. The molecular weight excluding hydrogens is 607 g/mol. The number of hydrogen-bond donors (Lipinski definition) is 0. The first-order chi connectivity index (χ1) is 24.8. The van der Waals surface area contributed by atoms with Crippen molar-refractivity contribution in [3.8, 4) is 45.0 Å². The molecule has 7 aromatic carbocycles. The van der Waals surface area contributed by atoms with Crippen LogP contribution in [0.1, 0.15) is 0 Å². The van der Waals surface area contributed by atoms with Gasteiger partial charge in [-0.05, 0) is 76.9 Å². The van der Waals surface area contributed by atoms with Gasteiger partial charge >= 0.3 is 0 Å². The summed E-state index contributed by atoms with van der Waals surface area (Å²) in [6, 6.07) is 67.3. The fourth-order valence-corrected chi connectivity index (χ4v) is 7.61. The van der Waals surface area contributed by atoms with Crippen molar-refractivity contribution in [2.45, 2.75) is 0 Å². The van der Waals surface area contributed by atoms with E-state index in [1.54, 1.807) is 0 Å². The maximum Gasteiger partial charge on any atom is 0.138 e. The Morgan fingerprint density at radius 3 is 1.40 bits per heavy atom. The number of rotatable bonds is 5. The second-order valence-corrected chi connectivity index (χ2v) is 12.8. The van der Waals surface area contributed by atoms with E-state index < -0.39 is 0 Å². The molecule has 0 radical (unpaired) electrons. The zero-order valence-corrected chi connectivity index (χ0v) is 27.2. The molecule has 0 spiro atoms. The Morgan fingerprint density at radius 1 is 0.300 bits per heavy atom. The summed E-state index contributed by atoms with van der Waals surface area (Å²) in [6.07, 6.45) is 0. The largest absolute Gasteiger partial charge is 0.309 e. The molecule has 0 bridgehead atoms. The van der Waals surface area contributed by atoms with E-state index in [9.17, 15) is 0 Å². The molecule has 10 aromatic rings. The molecule has 0 fully saturated rings. The van der Waals surface area contributed by atoms with E-state index in [1.807, 2.05) is 6.07 Å². The summed E-state index contributed by atoms with van der Waals surface area (Å²) in [6.45, 7) is 0. The summed E-state index contributed by atoms with van der Waals surface area (Å²) >= 11 is 0. The minimum Gasteiger partial charge on any atom is -0.309 e. The van der Waals surface area contributed by atoms with Crippen molar-refractivity contribution in [3.05, 3.63) is 188 Å². The van der Waals surface area contributed by atoms with Crippen molar-refractivity contribution in [2.75, 3.05) is 0 Å². The lowest BCUT2D eigenvalue weighted by atomic mass is 9.98. The fraction of sp³-hybridized carbons (Fsp3) is 0. The smallest absolute Gasteiger partial charge is 0.138 e. The van der Waals surface area contributed by atoms with Gasteiger partial charge in [-0.25, -0.2) is 4.98 Å². The molecule has 0 amide bonds. The summed E-state index contributed by atoms with van der Waals surface area (Å²) in [4.78, 5) is 5.24. The summed E-state index contributed by atoms with van der Waals surface area (Å²) < 4.78 is 4.77. The molecule has 0 aliphatic rings. The molecule has 234 valence electrons. The van der Waals surface area contributed by atoms with E-state index in [1.165, 1.54) is 49.3 Å². The topological polar surface area (TPSA) is 22.8 Å². The normalized spacial score (nSPS) is 11.6. The van der Waals surface area contributed by atoms with Crippen molar-refractivity contribution in [1.29, 1.82) is 0 Å². The van der Waals surface area contributed by atoms with Crippen molar-refractivity contribution in [3.63, 3.8) is 0 Å². The van der Waals surface area contributed by atoms with Gasteiger partial charge in [0.1, 0.15) is 5.82 Å². The molecular formula is C47H31N3. The van der Waals surface area contributed by atoms with Crippen LogP contribution < -0.4 is 0 Å². The molecule has 0 aliphatic carbocycles. The summed E-state index contributed by atoms with van der Waals surface area (Å²) in [5, 5.41) is 4.89. The Labute approximate surface area is 290 Å². The number of fused-ring (bicyclic) bond motifs is 6. The molecule has 0 saturated heterocycles. The first-order valence-corrected chi connectivity index (χ1v) is 17.1. The van der Waals surface area contributed by atoms with E-state index in [0.29, 0.717) is 0 Å². The fourth-order valence-electron chi connectivity index (χ4n) is 7.61. The molecule has 50 heavy (non-hydrogen) atoms. The van der Waals surface area contributed by atoms with Gasteiger partial charge in [0.15, 0.2) is 0 Å².